The summed E-state index contributed by atoms with van der Waals surface area (Å²) in [7, 11) is 0. The number of halogens is 1. The van der Waals surface area contributed by atoms with E-state index < -0.39 is 5.97 Å². The SMILES string of the molecule is O=C(O)/C=C/c1ccc(F)cc1-c1ccncc1. The summed E-state index contributed by atoms with van der Waals surface area (Å²) < 4.78 is 13.3. The summed E-state index contributed by atoms with van der Waals surface area (Å²) in [6.07, 6.45) is 5.67. The molecule has 90 valence electrons. The molecule has 0 fully saturated rings. The summed E-state index contributed by atoms with van der Waals surface area (Å²) in [5.74, 6) is -1.41. The van der Waals surface area contributed by atoms with E-state index in [9.17, 15) is 9.18 Å². The van der Waals surface area contributed by atoms with Gasteiger partial charge in [0, 0.05) is 18.5 Å². The van der Waals surface area contributed by atoms with E-state index in [2.05, 4.69) is 4.98 Å². The fourth-order valence-corrected chi connectivity index (χ4v) is 1.62. The van der Waals surface area contributed by atoms with Crippen molar-refractivity contribution in [3.8, 4) is 11.1 Å². The monoisotopic (exact) mass is 243 g/mol. The van der Waals surface area contributed by atoms with Crippen LogP contribution in [-0.4, -0.2) is 16.1 Å². The van der Waals surface area contributed by atoms with Crippen molar-refractivity contribution in [3.05, 3.63) is 60.2 Å². The van der Waals surface area contributed by atoms with Gasteiger partial charge in [-0.05, 0) is 47.0 Å². The zero-order chi connectivity index (χ0) is 13.0. The normalized spacial score (nSPS) is 10.7. The minimum absolute atomic E-state index is 0.366. The van der Waals surface area contributed by atoms with Gasteiger partial charge in [-0.15, -0.1) is 0 Å². The quantitative estimate of drug-likeness (QED) is 0.843. The first-order chi connectivity index (χ1) is 8.66. The van der Waals surface area contributed by atoms with Gasteiger partial charge in [0.15, 0.2) is 0 Å². The Morgan fingerprint density at radius 1 is 1.22 bits per heavy atom. The summed E-state index contributed by atoms with van der Waals surface area (Å²) >= 11 is 0. The highest BCUT2D eigenvalue weighted by Crippen LogP contribution is 2.25. The summed E-state index contributed by atoms with van der Waals surface area (Å²) in [5.41, 5.74) is 2.06. The molecule has 2 rings (SSSR count). The first kappa shape index (κ1) is 12.0. The average molecular weight is 243 g/mol. The van der Waals surface area contributed by atoms with Crippen LogP contribution < -0.4 is 0 Å². The molecule has 0 spiro atoms. The van der Waals surface area contributed by atoms with Gasteiger partial charge in [0.25, 0.3) is 0 Å². The molecule has 0 saturated carbocycles. The van der Waals surface area contributed by atoms with Crippen LogP contribution in [0.25, 0.3) is 17.2 Å². The average Bonchev–Trinajstić information content (AvgIpc) is 2.38. The fourth-order valence-electron chi connectivity index (χ4n) is 1.62. The standard InChI is InChI=1S/C14H10FNO2/c15-12-3-1-10(2-4-14(17)18)13(9-12)11-5-7-16-8-6-11/h1-9H,(H,17,18)/b4-2+. The maximum absolute atomic E-state index is 13.3. The number of benzene rings is 1. The second-order valence-electron chi connectivity index (χ2n) is 3.64. The molecule has 0 saturated heterocycles. The lowest BCUT2D eigenvalue weighted by Gasteiger charge is -2.06. The molecule has 4 heteroatoms. The molecule has 0 unspecified atom stereocenters. The summed E-state index contributed by atoms with van der Waals surface area (Å²) in [5, 5.41) is 8.62. The number of carboxylic acids is 1. The lowest BCUT2D eigenvalue weighted by molar-refractivity contribution is -0.131. The van der Waals surface area contributed by atoms with Crippen molar-refractivity contribution >= 4 is 12.0 Å². The van der Waals surface area contributed by atoms with Crippen LogP contribution in [0.2, 0.25) is 0 Å². The van der Waals surface area contributed by atoms with Crippen LogP contribution in [0.4, 0.5) is 4.39 Å². The van der Waals surface area contributed by atoms with Crippen molar-refractivity contribution < 1.29 is 14.3 Å². The van der Waals surface area contributed by atoms with Gasteiger partial charge in [0.1, 0.15) is 5.82 Å². The maximum atomic E-state index is 13.3. The second kappa shape index (κ2) is 5.23. The minimum Gasteiger partial charge on any atom is -0.478 e. The highest BCUT2D eigenvalue weighted by Gasteiger charge is 2.04. The molecular formula is C14H10FNO2. The Kier molecular flexibility index (Phi) is 3.48. The Morgan fingerprint density at radius 3 is 2.61 bits per heavy atom. The molecule has 3 nitrogen and oxygen atoms in total. The Hall–Kier alpha value is -2.49. The summed E-state index contributed by atoms with van der Waals surface area (Å²) in [6.45, 7) is 0. The van der Waals surface area contributed by atoms with Gasteiger partial charge in [-0.2, -0.15) is 0 Å². The summed E-state index contributed by atoms with van der Waals surface area (Å²) in [6, 6.07) is 7.70. The van der Waals surface area contributed by atoms with Crippen LogP contribution in [0.15, 0.2) is 48.8 Å². The number of hydrogen-bond acceptors (Lipinski definition) is 2. The zero-order valence-corrected chi connectivity index (χ0v) is 9.38. The predicted octanol–water partition coefficient (Wildman–Crippen LogP) is 2.99. The number of aromatic nitrogens is 1. The second-order valence-corrected chi connectivity index (χ2v) is 3.64. The van der Waals surface area contributed by atoms with E-state index in [0.29, 0.717) is 11.1 Å². The molecule has 0 radical (unpaired) electrons. The highest BCUT2D eigenvalue weighted by atomic mass is 19.1. The van der Waals surface area contributed by atoms with Crippen molar-refractivity contribution in [1.82, 2.24) is 4.98 Å². The highest BCUT2D eigenvalue weighted by molar-refractivity contribution is 5.87. The van der Waals surface area contributed by atoms with Gasteiger partial charge in [-0.1, -0.05) is 6.07 Å². The van der Waals surface area contributed by atoms with Gasteiger partial charge in [-0.25, -0.2) is 9.18 Å². The minimum atomic E-state index is -1.04. The molecule has 1 heterocycles. The molecule has 1 N–H and O–H groups in total. The Bertz CT molecular complexity index is 594. The molecular weight excluding hydrogens is 233 g/mol. The Balaban J connectivity index is 2.51. The van der Waals surface area contributed by atoms with Crippen molar-refractivity contribution in [2.24, 2.45) is 0 Å². The molecule has 1 aromatic carbocycles. The first-order valence-electron chi connectivity index (χ1n) is 5.28. The van der Waals surface area contributed by atoms with Crippen LogP contribution >= 0.6 is 0 Å². The maximum Gasteiger partial charge on any atom is 0.328 e. The molecule has 0 aliphatic rings. The number of nitrogens with zero attached hydrogens (tertiary/aromatic N) is 1. The third-order valence-corrected chi connectivity index (χ3v) is 2.41. The van der Waals surface area contributed by atoms with Crippen molar-refractivity contribution in [3.63, 3.8) is 0 Å². The first-order valence-corrected chi connectivity index (χ1v) is 5.28. The van der Waals surface area contributed by atoms with Crippen LogP contribution in [0.3, 0.4) is 0 Å². The van der Waals surface area contributed by atoms with Gasteiger partial charge < -0.3 is 5.11 Å². The van der Waals surface area contributed by atoms with E-state index in [0.717, 1.165) is 11.6 Å². The van der Waals surface area contributed by atoms with E-state index >= 15 is 0 Å². The lowest BCUT2D eigenvalue weighted by atomic mass is 10.00. The largest absolute Gasteiger partial charge is 0.478 e. The van der Waals surface area contributed by atoms with E-state index in [4.69, 9.17) is 5.11 Å². The van der Waals surface area contributed by atoms with Gasteiger partial charge in [0.05, 0.1) is 0 Å². The Morgan fingerprint density at radius 2 is 1.94 bits per heavy atom. The molecule has 0 aliphatic heterocycles. The number of hydrogen-bond donors (Lipinski definition) is 1. The molecule has 0 aliphatic carbocycles. The van der Waals surface area contributed by atoms with E-state index in [1.54, 1.807) is 30.6 Å². The number of aliphatic carboxylic acids is 1. The number of carbonyl (C=O) groups is 1. The lowest BCUT2D eigenvalue weighted by Crippen LogP contribution is -1.89. The van der Waals surface area contributed by atoms with E-state index in [1.165, 1.54) is 18.2 Å². The zero-order valence-electron chi connectivity index (χ0n) is 9.38. The number of pyridine rings is 1. The van der Waals surface area contributed by atoms with Crippen molar-refractivity contribution in [2.45, 2.75) is 0 Å². The number of carboxylic acid groups (broad SMARTS) is 1. The van der Waals surface area contributed by atoms with E-state index in [-0.39, 0.29) is 5.82 Å². The number of rotatable bonds is 3. The van der Waals surface area contributed by atoms with Crippen LogP contribution in [-0.2, 0) is 4.79 Å². The van der Waals surface area contributed by atoms with Crippen molar-refractivity contribution in [1.29, 1.82) is 0 Å². The van der Waals surface area contributed by atoms with Gasteiger partial charge >= 0.3 is 5.97 Å². The van der Waals surface area contributed by atoms with Gasteiger partial charge in [0.2, 0.25) is 0 Å². The molecule has 0 atom stereocenters. The van der Waals surface area contributed by atoms with Gasteiger partial charge in [-0.3, -0.25) is 4.98 Å². The molecule has 0 amide bonds. The van der Waals surface area contributed by atoms with Crippen LogP contribution in [0, 0.1) is 5.82 Å². The van der Waals surface area contributed by atoms with E-state index in [1.807, 2.05) is 0 Å². The fraction of sp³-hybridized carbons (Fsp3) is 0. The predicted molar refractivity (Wildman–Crippen MR) is 66.3 cm³/mol. The molecule has 2 aromatic rings. The molecule has 18 heavy (non-hydrogen) atoms. The smallest absolute Gasteiger partial charge is 0.328 e. The molecule has 1 aromatic heterocycles. The summed E-state index contributed by atoms with van der Waals surface area (Å²) in [4.78, 5) is 14.4. The Labute approximate surface area is 103 Å². The van der Waals surface area contributed by atoms with Crippen molar-refractivity contribution in [2.75, 3.05) is 0 Å². The molecule has 0 bridgehead atoms. The third kappa shape index (κ3) is 2.79. The topological polar surface area (TPSA) is 50.2 Å². The third-order valence-electron chi connectivity index (χ3n) is 2.41. The van der Waals surface area contributed by atoms with Crippen LogP contribution in [0.5, 0.6) is 0 Å². The van der Waals surface area contributed by atoms with Crippen LogP contribution in [0.1, 0.15) is 5.56 Å².